The molecule has 0 spiro atoms. The van der Waals surface area contributed by atoms with Crippen LogP contribution in [0.5, 0.6) is 0 Å². The molecule has 1 aromatic carbocycles. The topological polar surface area (TPSA) is 60.9 Å². The van der Waals surface area contributed by atoms with E-state index < -0.39 is 10.0 Å². The van der Waals surface area contributed by atoms with E-state index in [1.165, 1.54) is 25.9 Å². The van der Waals surface area contributed by atoms with Gasteiger partial charge in [-0.2, -0.15) is 4.31 Å². The zero-order valence-corrected chi connectivity index (χ0v) is 20.1. The molecule has 3 heterocycles. The Hall–Kier alpha value is -1.44. The summed E-state index contributed by atoms with van der Waals surface area (Å²) in [4.78, 5) is 18.1. The third-order valence-corrected chi connectivity index (χ3v) is 9.66. The maximum absolute atomic E-state index is 13.4. The van der Waals surface area contributed by atoms with Crippen LogP contribution in [0.15, 0.2) is 17.0 Å². The van der Waals surface area contributed by atoms with Crippen LogP contribution < -0.4 is 0 Å². The first-order chi connectivity index (χ1) is 14.8. The number of sulfonamides is 1. The maximum Gasteiger partial charge on any atom is 0.253 e. The summed E-state index contributed by atoms with van der Waals surface area (Å²) in [5.74, 6) is 0.525. The molecule has 1 aromatic rings. The quantitative estimate of drug-likeness (QED) is 0.710. The van der Waals surface area contributed by atoms with Gasteiger partial charge in [-0.3, -0.25) is 4.79 Å². The lowest BCUT2D eigenvalue weighted by molar-refractivity contribution is 0.0644. The number of rotatable bonds is 4. The molecule has 6 nitrogen and oxygen atoms in total. The second kappa shape index (κ2) is 9.20. The lowest BCUT2D eigenvalue weighted by Crippen LogP contribution is -2.46. The van der Waals surface area contributed by atoms with Crippen LogP contribution in [0.1, 0.15) is 66.9 Å². The minimum Gasteiger partial charge on any atom is -0.339 e. The van der Waals surface area contributed by atoms with Crippen LogP contribution in [0.4, 0.5) is 0 Å². The Morgan fingerprint density at radius 2 is 1.52 bits per heavy atom. The van der Waals surface area contributed by atoms with Crippen LogP contribution in [0, 0.1) is 19.8 Å². The van der Waals surface area contributed by atoms with Crippen molar-refractivity contribution in [2.75, 3.05) is 39.3 Å². The van der Waals surface area contributed by atoms with Crippen molar-refractivity contribution in [1.82, 2.24) is 14.1 Å². The Bertz CT molecular complexity index is 908. The summed E-state index contributed by atoms with van der Waals surface area (Å²) >= 11 is 0. The molecule has 3 aliphatic rings. The highest BCUT2D eigenvalue weighted by atomic mass is 32.2. The van der Waals surface area contributed by atoms with Crippen LogP contribution in [-0.4, -0.2) is 73.7 Å². The third-order valence-electron chi connectivity index (χ3n) is 7.64. The van der Waals surface area contributed by atoms with Crippen LogP contribution in [0.2, 0.25) is 0 Å². The zero-order valence-electron chi connectivity index (χ0n) is 19.3. The Morgan fingerprint density at radius 1 is 0.903 bits per heavy atom. The number of carbonyl (C=O) groups is 1. The van der Waals surface area contributed by atoms with Gasteiger partial charge in [0.05, 0.1) is 4.90 Å². The molecule has 3 fully saturated rings. The number of hydrogen-bond acceptors (Lipinski definition) is 4. The predicted octanol–water partition coefficient (Wildman–Crippen LogP) is 3.42. The molecule has 0 N–H and O–H groups in total. The van der Waals surface area contributed by atoms with E-state index in [1.807, 2.05) is 24.8 Å². The molecule has 3 saturated heterocycles. The Labute approximate surface area is 187 Å². The summed E-state index contributed by atoms with van der Waals surface area (Å²) in [6.07, 6.45) is 6.37. The van der Waals surface area contributed by atoms with Gasteiger partial charge in [0.2, 0.25) is 10.0 Å². The van der Waals surface area contributed by atoms with Crippen LogP contribution in [0.3, 0.4) is 0 Å². The van der Waals surface area contributed by atoms with Crippen molar-refractivity contribution >= 4 is 15.9 Å². The highest BCUT2D eigenvalue weighted by Gasteiger charge is 2.32. The van der Waals surface area contributed by atoms with Gasteiger partial charge in [-0.05, 0) is 94.6 Å². The summed E-state index contributed by atoms with van der Waals surface area (Å²) in [5, 5.41) is 0. The minimum absolute atomic E-state index is 0.0355. The largest absolute Gasteiger partial charge is 0.339 e. The Morgan fingerprint density at radius 3 is 2.13 bits per heavy atom. The number of aryl methyl sites for hydroxylation is 1. The first-order valence-electron chi connectivity index (χ1n) is 11.9. The molecule has 7 heteroatoms. The summed E-state index contributed by atoms with van der Waals surface area (Å²) in [5.41, 5.74) is 2.12. The molecule has 172 valence electrons. The standard InChI is InChI=1S/C24H37N3O3S/c1-18-6-14-27(15-7-18)31(29,30)23-17-21(16-19(2)20(23)3)24(28)26-12-8-22(9-13-26)25-10-4-5-11-25/h16-18,22H,4-15H2,1-3H3. The fraction of sp³-hybridized carbons (Fsp3) is 0.708. The number of nitrogens with zero attached hydrogens (tertiary/aromatic N) is 3. The zero-order chi connectivity index (χ0) is 22.2. The van der Waals surface area contributed by atoms with E-state index in [0.717, 1.165) is 49.9 Å². The predicted molar refractivity (Wildman–Crippen MR) is 123 cm³/mol. The smallest absolute Gasteiger partial charge is 0.253 e. The number of hydrogen-bond donors (Lipinski definition) is 0. The molecule has 4 rings (SSSR count). The lowest BCUT2D eigenvalue weighted by atomic mass is 10.0. The van der Waals surface area contributed by atoms with Crippen LogP contribution in [0.25, 0.3) is 0 Å². The average Bonchev–Trinajstić information content (AvgIpc) is 3.30. The fourth-order valence-electron chi connectivity index (χ4n) is 5.31. The van der Waals surface area contributed by atoms with Crippen molar-refractivity contribution in [3.8, 4) is 0 Å². The minimum atomic E-state index is -3.59. The molecule has 0 saturated carbocycles. The first kappa shape index (κ1) is 22.7. The van der Waals surface area contributed by atoms with Gasteiger partial charge >= 0.3 is 0 Å². The highest BCUT2D eigenvalue weighted by Crippen LogP contribution is 2.29. The molecule has 0 aromatic heterocycles. The Kier molecular flexibility index (Phi) is 6.75. The number of carbonyl (C=O) groups excluding carboxylic acids is 1. The van der Waals surface area contributed by atoms with E-state index in [4.69, 9.17) is 0 Å². The summed E-state index contributed by atoms with van der Waals surface area (Å²) in [6.45, 7) is 10.9. The van der Waals surface area contributed by atoms with Gasteiger partial charge in [-0.1, -0.05) is 6.92 Å². The van der Waals surface area contributed by atoms with Gasteiger partial charge in [0.15, 0.2) is 0 Å². The van der Waals surface area contributed by atoms with Gasteiger partial charge < -0.3 is 9.80 Å². The van der Waals surface area contributed by atoms with Crippen LogP contribution in [-0.2, 0) is 10.0 Å². The first-order valence-corrected chi connectivity index (χ1v) is 13.4. The van der Waals surface area contributed by atoms with Gasteiger partial charge in [-0.25, -0.2) is 8.42 Å². The van der Waals surface area contributed by atoms with Gasteiger partial charge in [0.25, 0.3) is 5.91 Å². The second-order valence-electron chi connectivity index (χ2n) is 9.77. The second-order valence-corrected chi connectivity index (χ2v) is 11.7. The summed E-state index contributed by atoms with van der Waals surface area (Å²) < 4.78 is 28.4. The molecule has 1 amide bonds. The van der Waals surface area contributed by atoms with Crippen molar-refractivity contribution in [2.45, 2.75) is 70.2 Å². The molecular weight excluding hydrogens is 410 g/mol. The maximum atomic E-state index is 13.4. The van der Waals surface area contributed by atoms with Crippen molar-refractivity contribution in [2.24, 2.45) is 5.92 Å². The summed E-state index contributed by atoms with van der Waals surface area (Å²) in [6, 6.07) is 4.08. The SMILES string of the molecule is Cc1cc(C(=O)N2CCC(N3CCCC3)CC2)cc(S(=O)(=O)N2CCC(C)CC2)c1C. The average molecular weight is 448 g/mol. The number of piperidine rings is 2. The molecule has 31 heavy (non-hydrogen) atoms. The number of benzene rings is 1. The normalized spacial score (nSPS) is 22.9. The number of amides is 1. The van der Waals surface area contributed by atoms with Crippen molar-refractivity contribution in [1.29, 1.82) is 0 Å². The van der Waals surface area contributed by atoms with E-state index in [0.29, 0.717) is 35.5 Å². The van der Waals surface area contributed by atoms with Gasteiger partial charge in [0, 0.05) is 37.8 Å². The third kappa shape index (κ3) is 4.69. The van der Waals surface area contributed by atoms with E-state index in [9.17, 15) is 13.2 Å². The Balaban J connectivity index is 1.51. The molecule has 0 atom stereocenters. The molecular formula is C24H37N3O3S. The highest BCUT2D eigenvalue weighted by molar-refractivity contribution is 7.89. The molecule has 0 radical (unpaired) electrons. The fourth-order valence-corrected chi connectivity index (χ4v) is 7.10. The van der Waals surface area contributed by atoms with E-state index in [2.05, 4.69) is 11.8 Å². The van der Waals surface area contributed by atoms with Crippen LogP contribution >= 0.6 is 0 Å². The number of likely N-dealkylation sites (tertiary alicyclic amines) is 2. The summed E-state index contributed by atoms with van der Waals surface area (Å²) in [7, 11) is -3.59. The van der Waals surface area contributed by atoms with Crippen molar-refractivity contribution in [3.05, 3.63) is 28.8 Å². The molecule has 0 unspecified atom stereocenters. The molecule has 0 bridgehead atoms. The monoisotopic (exact) mass is 447 g/mol. The van der Waals surface area contributed by atoms with E-state index in [1.54, 1.807) is 10.4 Å². The lowest BCUT2D eigenvalue weighted by Gasteiger charge is -2.36. The molecule has 0 aliphatic carbocycles. The van der Waals surface area contributed by atoms with Gasteiger partial charge in [0.1, 0.15) is 0 Å². The van der Waals surface area contributed by atoms with E-state index in [-0.39, 0.29) is 5.91 Å². The van der Waals surface area contributed by atoms with Gasteiger partial charge in [-0.15, -0.1) is 0 Å². The van der Waals surface area contributed by atoms with Crippen molar-refractivity contribution in [3.63, 3.8) is 0 Å². The molecule has 3 aliphatic heterocycles. The van der Waals surface area contributed by atoms with Crippen molar-refractivity contribution < 1.29 is 13.2 Å². The van der Waals surface area contributed by atoms with E-state index >= 15 is 0 Å².